The van der Waals surface area contributed by atoms with E-state index in [0.717, 1.165) is 22.0 Å². The predicted molar refractivity (Wildman–Crippen MR) is 115 cm³/mol. The smallest absolute Gasteiger partial charge is 0.182 e. The fourth-order valence-electron chi connectivity index (χ4n) is 3.51. The Morgan fingerprint density at radius 2 is 1.43 bits per heavy atom. The standard InChI is InChI=1S/C24H21NO5/c1-29-23-11-19-20(15-3-7-17(26)8-4-15)13-25(21(19)12-24(23)30-2)14-22(28)16-5-9-18(27)10-6-16/h3-13,26-27H,14H2,1-2H3. The SMILES string of the molecule is COc1cc2c(-c3ccc(O)cc3)cn(CC(=O)c3ccc(O)cc3)c2cc1OC. The molecular weight excluding hydrogens is 382 g/mol. The summed E-state index contributed by atoms with van der Waals surface area (Å²) in [7, 11) is 3.15. The molecule has 0 unspecified atom stereocenters. The molecular formula is C24H21NO5. The predicted octanol–water partition coefficient (Wildman–Crippen LogP) is 4.62. The van der Waals surface area contributed by atoms with Crippen molar-refractivity contribution >= 4 is 16.7 Å². The van der Waals surface area contributed by atoms with Gasteiger partial charge in [0, 0.05) is 28.8 Å². The van der Waals surface area contributed by atoms with Crippen LogP contribution in [0, 0.1) is 0 Å². The Balaban J connectivity index is 1.84. The molecule has 4 rings (SSSR count). The van der Waals surface area contributed by atoms with Crippen LogP contribution in [0.2, 0.25) is 0 Å². The lowest BCUT2D eigenvalue weighted by molar-refractivity contribution is 0.0973. The van der Waals surface area contributed by atoms with Gasteiger partial charge in [0.05, 0.1) is 26.3 Å². The lowest BCUT2D eigenvalue weighted by Crippen LogP contribution is -2.09. The third-order valence-electron chi connectivity index (χ3n) is 5.07. The van der Waals surface area contributed by atoms with Crippen molar-refractivity contribution in [1.82, 2.24) is 4.57 Å². The van der Waals surface area contributed by atoms with Gasteiger partial charge in [0.25, 0.3) is 0 Å². The van der Waals surface area contributed by atoms with E-state index in [1.807, 2.05) is 35.0 Å². The summed E-state index contributed by atoms with van der Waals surface area (Å²) in [5, 5.41) is 20.0. The maximum atomic E-state index is 12.8. The number of nitrogens with zero attached hydrogens (tertiary/aromatic N) is 1. The van der Waals surface area contributed by atoms with Crippen LogP contribution in [-0.4, -0.2) is 34.8 Å². The minimum absolute atomic E-state index is 0.0843. The molecule has 0 atom stereocenters. The molecule has 0 spiro atoms. The highest BCUT2D eigenvalue weighted by atomic mass is 16.5. The normalized spacial score (nSPS) is 10.9. The summed E-state index contributed by atoms with van der Waals surface area (Å²) in [6.07, 6.45) is 1.91. The van der Waals surface area contributed by atoms with Crippen LogP contribution >= 0.6 is 0 Å². The molecule has 0 amide bonds. The summed E-state index contributed by atoms with van der Waals surface area (Å²) in [5.41, 5.74) is 3.15. The molecule has 0 aliphatic carbocycles. The number of methoxy groups -OCH3 is 2. The first-order valence-electron chi connectivity index (χ1n) is 9.36. The second-order valence-corrected chi connectivity index (χ2v) is 6.91. The third-order valence-corrected chi connectivity index (χ3v) is 5.07. The van der Waals surface area contributed by atoms with Crippen molar-refractivity contribution in [2.45, 2.75) is 6.54 Å². The first-order valence-corrected chi connectivity index (χ1v) is 9.36. The van der Waals surface area contributed by atoms with E-state index in [1.54, 1.807) is 38.5 Å². The number of hydrogen-bond donors (Lipinski definition) is 2. The van der Waals surface area contributed by atoms with E-state index in [2.05, 4.69) is 0 Å². The van der Waals surface area contributed by atoms with Gasteiger partial charge in [0.15, 0.2) is 17.3 Å². The molecule has 6 nitrogen and oxygen atoms in total. The number of aromatic nitrogens is 1. The van der Waals surface area contributed by atoms with Crippen LogP contribution in [0.1, 0.15) is 10.4 Å². The number of carbonyl (C=O) groups excluding carboxylic acids is 1. The number of ether oxygens (including phenoxy) is 2. The van der Waals surface area contributed by atoms with Crippen molar-refractivity contribution in [3.05, 3.63) is 72.4 Å². The van der Waals surface area contributed by atoms with E-state index in [-0.39, 0.29) is 23.8 Å². The van der Waals surface area contributed by atoms with Gasteiger partial charge in [-0.1, -0.05) is 12.1 Å². The van der Waals surface area contributed by atoms with E-state index in [9.17, 15) is 15.0 Å². The van der Waals surface area contributed by atoms with Gasteiger partial charge in [-0.25, -0.2) is 0 Å². The van der Waals surface area contributed by atoms with Gasteiger partial charge < -0.3 is 24.3 Å². The molecule has 0 saturated heterocycles. The lowest BCUT2D eigenvalue weighted by Gasteiger charge is -2.10. The zero-order chi connectivity index (χ0) is 21.3. The van der Waals surface area contributed by atoms with Crippen LogP contribution in [0.15, 0.2) is 66.9 Å². The number of aromatic hydroxyl groups is 2. The minimum atomic E-state index is -0.0843. The summed E-state index contributed by atoms with van der Waals surface area (Å²) in [6.45, 7) is 0.120. The second kappa shape index (κ2) is 7.83. The van der Waals surface area contributed by atoms with Gasteiger partial charge in [0.2, 0.25) is 0 Å². The Kier molecular flexibility index (Phi) is 5.06. The number of phenols is 2. The van der Waals surface area contributed by atoms with Gasteiger partial charge >= 0.3 is 0 Å². The van der Waals surface area contributed by atoms with Gasteiger partial charge in [-0.2, -0.15) is 0 Å². The average Bonchev–Trinajstić information content (AvgIpc) is 3.10. The molecule has 30 heavy (non-hydrogen) atoms. The zero-order valence-electron chi connectivity index (χ0n) is 16.6. The molecule has 6 heteroatoms. The van der Waals surface area contributed by atoms with Crippen molar-refractivity contribution in [3.63, 3.8) is 0 Å². The van der Waals surface area contributed by atoms with Crippen LogP contribution in [0.4, 0.5) is 0 Å². The summed E-state index contributed by atoms with van der Waals surface area (Å²) in [4.78, 5) is 12.8. The van der Waals surface area contributed by atoms with Crippen LogP contribution in [0.5, 0.6) is 23.0 Å². The molecule has 0 radical (unpaired) electrons. The molecule has 3 aromatic carbocycles. The Morgan fingerprint density at radius 3 is 2.03 bits per heavy atom. The topological polar surface area (TPSA) is 80.9 Å². The highest BCUT2D eigenvalue weighted by molar-refractivity contribution is 6.01. The summed E-state index contributed by atoms with van der Waals surface area (Å²) in [6, 6.07) is 16.8. The molecule has 0 aliphatic heterocycles. The second-order valence-electron chi connectivity index (χ2n) is 6.91. The number of rotatable bonds is 6. The van der Waals surface area contributed by atoms with Crippen molar-refractivity contribution < 1.29 is 24.5 Å². The van der Waals surface area contributed by atoms with Crippen LogP contribution in [-0.2, 0) is 6.54 Å². The number of ketones is 1. The average molecular weight is 403 g/mol. The van der Waals surface area contributed by atoms with E-state index >= 15 is 0 Å². The maximum absolute atomic E-state index is 12.8. The summed E-state index contributed by atoms with van der Waals surface area (Å²) < 4.78 is 12.8. The maximum Gasteiger partial charge on any atom is 0.182 e. The number of hydrogen-bond acceptors (Lipinski definition) is 5. The van der Waals surface area contributed by atoms with Crippen molar-refractivity contribution in [2.24, 2.45) is 0 Å². The fraction of sp³-hybridized carbons (Fsp3) is 0.125. The Hall–Kier alpha value is -3.93. The van der Waals surface area contributed by atoms with Gasteiger partial charge in [0.1, 0.15) is 11.5 Å². The number of fused-ring (bicyclic) bond motifs is 1. The first-order chi connectivity index (χ1) is 14.5. The third kappa shape index (κ3) is 3.55. The molecule has 0 aliphatic rings. The number of Topliss-reactive ketones (excluding diaryl/α,β-unsaturated/α-hetero) is 1. The zero-order valence-corrected chi connectivity index (χ0v) is 16.6. The van der Waals surface area contributed by atoms with Crippen molar-refractivity contribution in [1.29, 1.82) is 0 Å². The lowest BCUT2D eigenvalue weighted by atomic mass is 10.0. The summed E-state index contributed by atoms with van der Waals surface area (Å²) in [5.74, 6) is 1.37. The number of phenolic OH excluding ortho intramolecular Hbond substituents is 2. The molecule has 1 heterocycles. The molecule has 152 valence electrons. The van der Waals surface area contributed by atoms with Crippen LogP contribution < -0.4 is 9.47 Å². The van der Waals surface area contributed by atoms with E-state index in [0.29, 0.717) is 17.1 Å². The molecule has 4 aromatic rings. The van der Waals surface area contributed by atoms with Crippen LogP contribution in [0.25, 0.3) is 22.0 Å². The minimum Gasteiger partial charge on any atom is -0.508 e. The van der Waals surface area contributed by atoms with Gasteiger partial charge in [-0.15, -0.1) is 0 Å². The molecule has 0 bridgehead atoms. The summed E-state index contributed by atoms with van der Waals surface area (Å²) >= 11 is 0. The van der Waals surface area contributed by atoms with Crippen LogP contribution in [0.3, 0.4) is 0 Å². The van der Waals surface area contributed by atoms with Gasteiger partial charge in [-0.3, -0.25) is 4.79 Å². The van der Waals surface area contributed by atoms with Crippen molar-refractivity contribution in [2.75, 3.05) is 14.2 Å². The Bertz CT molecular complexity index is 1210. The monoisotopic (exact) mass is 403 g/mol. The van der Waals surface area contributed by atoms with Gasteiger partial charge in [-0.05, 0) is 48.0 Å². The highest BCUT2D eigenvalue weighted by Gasteiger charge is 2.17. The van der Waals surface area contributed by atoms with E-state index in [1.165, 1.54) is 12.1 Å². The molecule has 1 aromatic heterocycles. The molecule has 0 saturated carbocycles. The highest BCUT2D eigenvalue weighted by Crippen LogP contribution is 2.38. The fourth-order valence-corrected chi connectivity index (χ4v) is 3.51. The van der Waals surface area contributed by atoms with Crippen molar-refractivity contribution in [3.8, 4) is 34.1 Å². The quantitative estimate of drug-likeness (QED) is 0.459. The van der Waals surface area contributed by atoms with E-state index in [4.69, 9.17) is 9.47 Å². The Morgan fingerprint density at radius 1 is 0.867 bits per heavy atom. The largest absolute Gasteiger partial charge is 0.508 e. The number of carbonyl (C=O) groups is 1. The molecule has 2 N–H and O–H groups in total. The first kappa shape index (κ1) is 19.4. The number of benzene rings is 3. The Labute approximate surface area is 173 Å². The van der Waals surface area contributed by atoms with E-state index < -0.39 is 0 Å². The molecule has 0 fully saturated rings.